The van der Waals surface area contributed by atoms with Gasteiger partial charge < -0.3 is 0 Å². The summed E-state index contributed by atoms with van der Waals surface area (Å²) in [6, 6.07) is 6.98. The summed E-state index contributed by atoms with van der Waals surface area (Å²) in [6.07, 6.45) is 8.49. The molecule has 3 heterocycles. The van der Waals surface area contributed by atoms with Gasteiger partial charge in [0.2, 0.25) is 10.0 Å². The number of hydrogen-bond acceptors (Lipinski definition) is 5. The van der Waals surface area contributed by atoms with Crippen molar-refractivity contribution in [3.05, 3.63) is 59.4 Å². The third kappa shape index (κ3) is 3.52. The average molecular weight is 440 g/mol. The lowest BCUT2D eigenvalue weighted by atomic mass is 10.1. The Morgan fingerprint density at radius 3 is 2.47 bits per heavy atom. The van der Waals surface area contributed by atoms with Crippen molar-refractivity contribution in [2.45, 2.75) is 31.2 Å². The maximum Gasteiger partial charge on any atom is 0.242 e. The van der Waals surface area contributed by atoms with E-state index in [0.29, 0.717) is 33.0 Å². The van der Waals surface area contributed by atoms with Crippen LogP contribution in [0, 0.1) is 11.3 Å². The summed E-state index contributed by atoms with van der Waals surface area (Å²) >= 11 is 6.11. The highest BCUT2D eigenvalue weighted by atomic mass is 35.5. The number of halogens is 1. The first-order valence-electron chi connectivity index (χ1n) is 9.10. The van der Waals surface area contributed by atoms with Crippen molar-refractivity contribution in [3.63, 3.8) is 0 Å². The summed E-state index contributed by atoms with van der Waals surface area (Å²) in [5.74, 6) is 0. The Hall–Kier alpha value is -2.99. The van der Waals surface area contributed by atoms with Gasteiger partial charge in [0, 0.05) is 29.0 Å². The average Bonchev–Trinajstić information content (AvgIpc) is 2.91. The number of aromatic nitrogens is 3. The fourth-order valence-corrected chi connectivity index (χ4v) is 4.74. The number of pyridine rings is 2. The summed E-state index contributed by atoms with van der Waals surface area (Å²) in [5, 5.41) is 10.9. The minimum absolute atomic E-state index is 0.0475. The second-order valence-electron chi connectivity index (χ2n) is 7.88. The fourth-order valence-electron chi connectivity index (χ4n) is 3.22. The first kappa shape index (κ1) is 20.3. The zero-order chi connectivity index (χ0) is 21.7. The smallest absolute Gasteiger partial charge is 0.242 e. The number of nitriles is 1. The molecule has 3 aromatic rings. The molecule has 4 rings (SSSR count). The first-order chi connectivity index (χ1) is 14.1. The maximum atomic E-state index is 12.6. The number of hydrogen-bond donors (Lipinski definition) is 1. The van der Waals surface area contributed by atoms with Gasteiger partial charge in [-0.25, -0.2) is 18.1 Å². The first-order valence-corrected chi connectivity index (χ1v) is 11.0. The number of nitrogens with one attached hydrogen (secondary N) is 1. The number of rotatable bonds is 4. The summed E-state index contributed by atoms with van der Waals surface area (Å²) in [4.78, 5) is 8.82. The maximum absolute atomic E-state index is 12.6. The molecule has 3 aromatic heterocycles. The Balaban J connectivity index is 1.89. The van der Waals surface area contributed by atoms with E-state index in [9.17, 15) is 13.7 Å². The number of sulfonamides is 1. The van der Waals surface area contributed by atoms with E-state index in [-0.39, 0.29) is 4.90 Å². The third-order valence-electron chi connectivity index (χ3n) is 4.41. The third-order valence-corrected chi connectivity index (χ3v) is 6.36. The Kier molecular flexibility index (Phi) is 4.77. The van der Waals surface area contributed by atoms with Crippen LogP contribution in [0.1, 0.15) is 26.3 Å². The lowest BCUT2D eigenvalue weighted by Gasteiger charge is -2.20. The van der Waals surface area contributed by atoms with Gasteiger partial charge in [0.1, 0.15) is 16.6 Å². The van der Waals surface area contributed by atoms with Gasteiger partial charge in [-0.05, 0) is 51.1 Å². The molecule has 0 bridgehead atoms. The van der Waals surface area contributed by atoms with Crippen molar-refractivity contribution >= 4 is 38.4 Å². The zero-order valence-corrected chi connectivity index (χ0v) is 18.1. The van der Waals surface area contributed by atoms with Crippen LogP contribution in [-0.2, 0) is 10.0 Å². The number of allylic oxidation sites excluding steroid dienone is 4. The molecule has 0 spiro atoms. The van der Waals surface area contributed by atoms with E-state index >= 15 is 0 Å². The number of nitrogens with zero attached hydrogens (tertiary/aromatic N) is 4. The van der Waals surface area contributed by atoms with Crippen LogP contribution < -0.4 is 4.72 Å². The van der Waals surface area contributed by atoms with Crippen LogP contribution in [0.4, 0.5) is 0 Å². The van der Waals surface area contributed by atoms with Crippen molar-refractivity contribution in [2.75, 3.05) is 0 Å². The second-order valence-corrected chi connectivity index (χ2v) is 10.00. The Morgan fingerprint density at radius 1 is 1.20 bits per heavy atom. The molecule has 0 radical (unpaired) electrons. The van der Waals surface area contributed by atoms with E-state index in [0.717, 1.165) is 5.70 Å². The lowest BCUT2D eigenvalue weighted by molar-refractivity contribution is 0.491. The normalized spacial score (nSPS) is 13.8. The molecule has 0 saturated heterocycles. The second kappa shape index (κ2) is 7.06. The van der Waals surface area contributed by atoms with E-state index in [1.807, 2.05) is 22.8 Å². The molecule has 9 heteroatoms. The van der Waals surface area contributed by atoms with Crippen LogP contribution in [0.5, 0.6) is 0 Å². The van der Waals surface area contributed by atoms with E-state index in [2.05, 4.69) is 20.8 Å². The van der Waals surface area contributed by atoms with Gasteiger partial charge in [-0.15, -0.1) is 0 Å². The Morgan fingerprint density at radius 2 is 1.93 bits per heavy atom. The SMILES string of the molecule is CC(C)(C)NS(=O)(=O)c1ccc(-c2c(C#N)c3cc(Cl)cnc3n2C2=CC=C2)nc1. The predicted molar refractivity (Wildman–Crippen MR) is 116 cm³/mol. The minimum atomic E-state index is -3.72. The van der Waals surface area contributed by atoms with Crippen LogP contribution in [-0.4, -0.2) is 28.5 Å². The van der Waals surface area contributed by atoms with Gasteiger partial charge in [0.05, 0.1) is 22.0 Å². The van der Waals surface area contributed by atoms with Gasteiger partial charge in [-0.1, -0.05) is 17.7 Å². The molecule has 1 aliphatic carbocycles. The molecule has 0 saturated carbocycles. The molecule has 0 amide bonds. The summed E-state index contributed by atoms with van der Waals surface area (Å²) in [7, 11) is -3.72. The molecule has 152 valence electrons. The largest absolute Gasteiger partial charge is 0.291 e. The van der Waals surface area contributed by atoms with Crippen LogP contribution >= 0.6 is 11.6 Å². The van der Waals surface area contributed by atoms with Crippen molar-refractivity contribution < 1.29 is 8.42 Å². The highest BCUT2D eigenvalue weighted by Crippen LogP contribution is 2.37. The monoisotopic (exact) mass is 439 g/mol. The van der Waals surface area contributed by atoms with Crippen LogP contribution in [0.25, 0.3) is 28.1 Å². The topological polar surface area (TPSA) is 101 Å². The highest BCUT2D eigenvalue weighted by molar-refractivity contribution is 7.89. The standard InChI is InChI=1S/C21H18ClN5O2S/c1-21(2,3)26-30(28,29)15-7-8-18(24-12-15)19-17(10-23)16-9-13(22)11-25-20(16)27(19)14-5-4-6-14/h4-9,11-12,26H,1-3H3. The van der Waals surface area contributed by atoms with Crippen molar-refractivity contribution in [3.8, 4) is 17.5 Å². The minimum Gasteiger partial charge on any atom is -0.291 e. The molecule has 1 N–H and O–H groups in total. The van der Waals surface area contributed by atoms with Gasteiger partial charge >= 0.3 is 0 Å². The zero-order valence-electron chi connectivity index (χ0n) is 16.5. The van der Waals surface area contributed by atoms with Crippen molar-refractivity contribution in [2.24, 2.45) is 0 Å². The fraction of sp³-hybridized carbons (Fsp3) is 0.190. The molecule has 7 nitrogen and oxygen atoms in total. The van der Waals surface area contributed by atoms with Crippen molar-refractivity contribution in [1.29, 1.82) is 5.26 Å². The Bertz CT molecular complexity index is 1370. The predicted octanol–water partition coefficient (Wildman–Crippen LogP) is 4.11. The van der Waals surface area contributed by atoms with Gasteiger partial charge in [-0.3, -0.25) is 9.55 Å². The lowest BCUT2D eigenvalue weighted by Crippen LogP contribution is -2.40. The summed E-state index contributed by atoms with van der Waals surface area (Å²) in [6.45, 7) is 5.30. The number of fused-ring (bicyclic) bond motifs is 1. The molecular formula is C21H18ClN5O2S. The van der Waals surface area contributed by atoms with E-state index < -0.39 is 15.6 Å². The van der Waals surface area contributed by atoms with Crippen molar-refractivity contribution in [1.82, 2.24) is 19.3 Å². The van der Waals surface area contributed by atoms with E-state index in [1.165, 1.54) is 18.5 Å². The van der Waals surface area contributed by atoms with Gasteiger partial charge in [-0.2, -0.15) is 5.26 Å². The van der Waals surface area contributed by atoms with Crippen LogP contribution in [0.3, 0.4) is 0 Å². The molecule has 1 aliphatic rings. The molecule has 0 aliphatic heterocycles. The Labute approximate surface area is 179 Å². The molecule has 0 atom stereocenters. The summed E-state index contributed by atoms with van der Waals surface area (Å²) in [5.41, 5.74) is 2.17. The quantitative estimate of drug-likeness (QED) is 0.659. The van der Waals surface area contributed by atoms with Gasteiger partial charge in [0.15, 0.2) is 0 Å². The van der Waals surface area contributed by atoms with Crippen LogP contribution in [0.2, 0.25) is 5.02 Å². The van der Waals surface area contributed by atoms with E-state index in [4.69, 9.17) is 11.6 Å². The van der Waals surface area contributed by atoms with Gasteiger partial charge in [0.25, 0.3) is 0 Å². The molecular weight excluding hydrogens is 422 g/mol. The molecule has 0 unspecified atom stereocenters. The molecule has 30 heavy (non-hydrogen) atoms. The molecule has 0 aromatic carbocycles. The summed E-state index contributed by atoms with van der Waals surface area (Å²) < 4.78 is 29.6. The van der Waals surface area contributed by atoms with Crippen LogP contribution in [0.15, 0.2) is 53.7 Å². The highest BCUT2D eigenvalue weighted by Gasteiger charge is 2.25. The molecule has 0 fully saturated rings. The van der Waals surface area contributed by atoms with E-state index in [1.54, 1.807) is 32.9 Å².